The summed E-state index contributed by atoms with van der Waals surface area (Å²) in [6.07, 6.45) is 9.86. The third-order valence-corrected chi connectivity index (χ3v) is 4.44. The quantitative estimate of drug-likeness (QED) is 0.802. The van der Waals surface area contributed by atoms with Crippen LogP contribution in [0.5, 0.6) is 0 Å². The van der Waals surface area contributed by atoms with Crippen LogP contribution in [0.15, 0.2) is 12.5 Å². The van der Waals surface area contributed by atoms with Crippen molar-refractivity contribution in [1.82, 2.24) is 14.9 Å². The van der Waals surface area contributed by atoms with Gasteiger partial charge in [-0.1, -0.05) is 0 Å². The molecule has 3 nitrogen and oxygen atoms in total. The van der Waals surface area contributed by atoms with E-state index < -0.39 is 0 Å². The summed E-state index contributed by atoms with van der Waals surface area (Å²) in [7, 11) is 0. The van der Waals surface area contributed by atoms with Crippen LogP contribution in [0.4, 0.5) is 0 Å². The van der Waals surface area contributed by atoms with E-state index in [0.29, 0.717) is 6.04 Å². The molecule has 0 saturated heterocycles. The number of imidazole rings is 1. The molecular weight excluding hydrogens is 222 g/mol. The molecule has 0 aromatic carbocycles. The first kappa shape index (κ1) is 12.2. The zero-order valence-electron chi connectivity index (χ0n) is 11.6. The zero-order valence-corrected chi connectivity index (χ0v) is 11.6. The van der Waals surface area contributed by atoms with E-state index in [1.165, 1.54) is 37.9 Å². The van der Waals surface area contributed by atoms with Gasteiger partial charge in [0.2, 0.25) is 0 Å². The summed E-state index contributed by atoms with van der Waals surface area (Å²) in [5.41, 5.74) is 1.32. The third-order valence-electron chi connectivity index (χ3n) is 4.44. The SMILES string of the molecule is CC(C)n1cncc1CNCC(C1CC1)C1CC1. The molecule has 2 saturated carbocycles. The van der Waals surface area contributed by atoms with Gasteiger partial charge in [-0.15, -0.1) is 0 Å². The number of hydrogen-bond donors (Lipinski definition) is 1. The summed E-state index contributed by atoms with van der Waals surface area (Å²) in [6, 6.07) is 0.506. The predicted molar refractivity (Wildman–Crippen MR) is 73.3 cm³/mol. The molecule has 3 heteroatoms. The first-order valence-corrected chi connectivity index (χ1v) is 7.47. The van der Waals surface area contributed by atoms with Crippen molar-refractivity contribution in [2.45, 2.75) is 52.1 Å². The molecular formula is C15H25N3. The van der Waals surface area contributed by atoms with Gasteiger partial charge >= 0.3 is 0 Å². The Balaban J connectivity index is 1.49. The molecule has 0 spiro atoms. The molecule has 1 heterocycles. The number of rotatable bonds is 7. The normalized spacial score (nSPS) is 20.0. The molecule has 1 aromatic heterocycles. The van der Waals surface area contributed by atoms with Gasteiger partial charge in [-0.3, -0.25) is 0 Å². The van der Waals surface area contributed by atoms with Crippen molar-refractivity contribution in [3.05, 3.63) is 18.2 Å². The fourth-order valence-corrected chi connectivity index (χ4v) is 3.07. The van der Waals surface area contributed by atoms with Crippen LogP contribution in [0.3, 0.4) is 0 Å². The lowest BCUT2D eigenvalue weighted by atomic mass is 9.98. The van der Waals surface area contributed by atoms with Gasteiger partial charge in [-0.2, -0.15) is 0 Å². The van der Waals surface area contributed by atoms with Crippen molar-refractivity contribution >= 4 is 0 Å². The van der Waals surface area contributed by atoms with Gasteiger partial charge in [0, 0.05) is 18.8 Å². The van der Waals surface area contributed by atoms with Crippen LogP contribution in [0.1, 0.15) is 51.3 Å². The maximum absolute atomic E-state index is 4.26. The van der Waals surface area contributed by atoms with E-state index in [9.17, 15) is 0 Å². The van der Waals surface area contributed by atoms with Crippen LogP contribution in [0, 0.1) is 17.8 Å². The zero-order chi connectivity index (χ0) is 12.5. The largest absolute Gasteiger partial charge is 0.331 e. The molecule has 0 atom stereocenters. The first-order valence-electron chi connectivity index (χ1n) is 7.47. The predicted octanol–water partition coefficient (Wildman–Crippen LogP) is 2.99. The summed E-state index contributed by atoms with van der Waals surface area (Å²) in [6.45, 7) is 6.59. The average Bonchev–Trinajstić information content (AvgIpc) is 3.24. The van der Waals surface area contributed by atoms with Gasteiger partial charge in [-0.05, 0) is 63.8 Å². The van der Waals surface area contributed by atoms with Crippen LogP contribution in [-0.4, -0.2) is 16.1 Å². The molecule has 0 bridgehead atoms. The summed E-state index contributed by atoms with van der Waals surface area (Å²) in [4.78, 5) is 4.26. The molecule has 0 aliphatic heterocycles. The maximum Gasteiger partial charge on any atom is 0.0951 e. The number of aromatic nitrogens is 2. The van der Waals surface area contributed by atoms with Gasteiger partial charge in [-0.25, -0.2) is 4.98 Å². The Labute approximate surface area is 110 Å². The Bertz CT molecular complexity index is 376. The Morgan fingerprint density at radius 1 is 1.28 bits per heavy atom. The molecule has 0 unspecified atom stereocenters. The second kappa shape index (κ2) is 5.04. The minimum Gasteiger partial charge on any atom is -0.331 e. The molecule has 1 aromatic rings. The second-order valence-corrected chi connectivity index (χ2v) is 6.36. The minimum atomic E-state index is 0.506. The van der Waals surface area contributed by atoms with Crippen LogP contribution in [-0.2, 0) is 6.54 Å². The van der Waals surface area contributed by atoms with Crippen molar-refractivity contribution in [2.75, 3.05) is 6.54 Å². The lowest BCUT2D eigenvalue weighted by Gasteiger charge is -2.17. The second-order valence-electron chi connectivity index (χ2n) is 6.36. The maximum atomic E-state index is 4.26. The van der Waals surface area contributed by atoms with Crippen molar-refractivity contribution in [3.63, 3.8) is 0 Å². The summed E-state index contributed by atoms with van der Waals surface area (Å²) in [5, 5.41) is 3.66. The standard InChI is InChI=1S/C15H25N3/c1-11(2)18-10-17-8-14(18)7-16-9-15(12-3-4-12)13-5-6-13/h8,10-13,15-16H,3-7,9H2,1-2H3. The topological polar surface area (TPSA) is 29.9 Å². The monoisotopic (exact) mass is 247 g/mol. The lowest BCUT2D eigenvalue weighted by molar-refractivity contribution is 0.375. The Hall–Kier alpha value is -0.830. The smallest absolute Gasteiger partial charge is 0.0951 e. The van der Waals surface area contributed by atoms with Crippen molar-refractivity contribution < 1.29 is 0 Å². The van der Waals surface area contributed by atoms with E-state index in [2.05, 4.69) is 28.7 Å². The van der Waals surface area contributed by atoms with Crippen molar-refractivity contribution in [1.29, 1.82) is 0 Å². The molecule has 0 radical (unpaired) electrons. The number of nitrogens with zero attached hydrogens (tertiary/aromatic N) is 2. The van der Waals surface area contributed by atoms with Gasteiger partial charge < -0.3 is 9.88 Å². The van der Waals surface area contributed by atoms with E-state index in [4.69, 9.17) is 0 Å². The third kappa shape index (κ3) is 2.77. The first-order chi connectivity index (χ1) is 8.75. The van der Waals surface area contributed by atoms with Crippen LogP contribution >= 0.6 is 0 Å². The van der Waals surface area contributed by atoms with Crippen LogP contribution < -0.4 is 5.32 Å². The summed E-state index contributed by atoms with van der Waals surface area (Å²) >= 11 is 0. The molecule has 18 heavy (non-hydrogen) atoms. The van der Waals surface area contributed by atoms with Gasteiger partial charge in [0.05, 0.1) is 12.0 Å². The highest BCUT2D eigenvalue weighted by Crippen LogP contribution is 2.48. The highest BCUT2D eigenvalue weighted by atomic mass is 15.1. The molecule has 1 N–H and O–H groups in total. The number of nitrogens with one attached hydrogen (secondary N) is 1. The van der Waals surface area contributed by atoms with E-state index in [1.54, 1.807) is 0 Å². The van der Waals surface area contributed by atoms with E-state index >= 15 is 0 Å². The molecule has 3 rings (SSSR count). The van der Waals surface area contributed by atoms with Gasteiger partial charge in [0.25, 0.3) is 0 Å². The van der Waals surface area contributed by atoms with Gasteiger partial charge in [0.15, 0.2) is 0 Å². The van der Waals surface area contributed by atoms with Crippen LogP contribution in [0.25, 0.3) is 0 Å². The highest BCUT2D eigenvalue weighted by molar-refractivity contribution is 5.00. The van der Waals surface area contributed by atoms with Crippen LogP contribution in [0.2, 0.25) is 0 Å². The van der Waals surface area contributed by atoms with E-state index in [-0.39, 0.29) is 0 Å². The highest BCUT2D eigenvalue weighted by Gasteiger charge is 2.40. The van der Waals surface area contributed by atoms with Crippen molar-refractivity contribution in [2.24, 2.45) is 17.8 Å². The average molecular weight is 247 g/mol. The molecule has 2 aliphatic rings. The molecule has 100 valence electrons. The molecule has 2 aliphatic carbocycles. The Kier molecular flexibility index (Phi) is 3.42. The summed E-state index contributed by atoms with van der Waals surface area (Å²) in [5.74, 6) is 3.04. The van der Waals surface area contributed by atoms with E-state index in [0.717, 1.165) is 24.3 Å². The lowest BCUT2D eigenvalue weighted by Crippen LogP contribution is -2.26. The van der Waals surface area contributed by atoms with E-state index in [1.807, 2.05) is 12.5 Å². The number of hydrogen-bond acceptors (Lipinski definition) is 2. The minimum absolute atomic E-state index is 0.506. The molecule has 2 fully saturated rings. The molecule has 0 amide bonds. The Morgan fingerprint density at radius 3 is 2.50 bits per heavy atom. The summed E-state index contributed by atoms with van der Waals surface area (Å²) < 4.78 is 2.26. The Morgan fingerprint density at radius 2 is 1.94 bits per heavy atom. The van der Waals surface area contributed by atoms with Crippen molar-refractivity contribution in [3.8, 4) is 0 Å². The van der Waals surface area contributed by atoms with Gasteiger partial charge in [0.1, 0.15) is 0 Å². The fraction of sp³-hybridized carbons (Fsp3) is 0.800. The fourth-order valence-electron chi connectivity index (χ4n) is 3.07.